The lowest BCUT2D eigenvalue weighted by Crippen LogP contribution is -2.49. The lowest BCUT2D eigenvalue weighted by atomic mass is 9.90. The molecule has 3 nitrogen and oxygen atoms in total. The van der Waals surface area contributed by atoms with E-state index in [9.17, 15) is 0 Å². The number of hydrogen-bond acceptors (Lipinski definition) is 3. The molecule has 3 heteroatoms. The second-order valence-corrected chi connectivity index (χ2v) is 9.08. The lowest BCUT2D eigenvalue weighted by Gasteiger charge is -2.40. The van der Waals surface area contributed by atoms with Crippen LogP contribution in [0.3, 0.4) is 0 Å². The third kappa shape index (κ3) is 7.30. The van der Waals surface area contributed by atoms with Crippen molar-refractivity contribution >= 4 is 0 Å². The molecule has 0 atom stereocenters. The van der Waals surface area contributed by atoms with Gasteiger partial charge in [-0.15, -0.1) is 0 Å². The molecule has 2 saturated heterocycles. The molecule has 0 bridgehead atoms. The molecule has 2 rings (SSSR count). The SMILES string of the molecule is C=C(CN1CCC(CCCCC(C)C)CC1)N1CCN(C(C)C)CC1. The van der Waals surface area contributed by atoms with Gasteiger partial charge in [0.1, 0.15) is 0 Å². The second kappa shape index (κ2) is 10.6. The Morgan fingerprint density at radius 1 is 0.920 bits per heavy atom. The quantitative estimate of drug-likeness (QED) is 0.569. The number of likely N-dealkylation sites (tertiary alicyclic amines) is 1. The van der Waals surface area contributed by atoms with Crippen molar-refractivity contribution in [2.24, 2.45) is 11.8 Å². The summed E-state index contributed by atoms with van der Waals surface area (Å²) in [5.41, 5.74) is 1.35. The normalized spacial score (nSPS) is 21.4. The van der Waals surface area contributed by atoms with Crippen molar-refractivity contribution in [3.63, 3.8) is 0 Å². The molecule has 0 spiro atoms. The predicted octanol–water partition coefficient (Wildman–Crippen LogP) is 4.45. The van der Waals surface area contributed by atoms with Gasteiger partial charge in [0.05, 0.1) is 0 Å². The molecule has 146 valence electrons. The monoisotopic (exact) mass is 349 g/mol. The zero-order chi connectivity index (χ0) is 18.2. The van der Waals surface area contributed by atoms with Crippen LogP contribution in [0.2, 0.25) is 0 Å². The minimum atomic E-state index is 0.676. The Hall–Kier alpha value is -0.540. The number of rotatable bonds is 9. The van der Waals surface area contributed by atoms with Gasteiger partial charge in [-0.2, -0.15) is 0 Å². The van der Waals surface area contributed by atoms with Crippen molar-refractivity contribution < 1.29 is 0 Å². The Bertz CT molecular complexity index is 375. The first-order valence-electron chi connectivity index (χ1n) is 10.8. The molecule has 2 fully saturated rings. The molecule has 0 unspecified atom stereocenters. The van der Waals surface area contributed by atoms with Crippen molar-refractivity contribution in [1.29, 1.82) is 0 Å². The maximum Gasteiger partial charge on any atom is 0.0377 e. The van der Waals surface area contributed by atoms with E-state index in [1.165, 1.54) is 70.4 Å². The minimum Gasteiger partial charge on any atom is -0.372 e. The summed E-state index contributed by atoms with van der Waals surface area (Å²) in [6, 6.07) is 0.676. The Morgan fingerprint density at radius 3 is 2.12 bits per heavy atom. The molecule has 0 N–H and O–H groups in total. The summed E-state index contributed by atoms with van der Waals surface area (Å²) in [7, 11) is 0. The average Bonchev–Trinajstić information content (AvgIpc) is 2.60. The molecule has 2 heterocycles. The molecule has 2 aliphatic rings. The predicted molar refractivity (Wildman–Crippen MR) is 110 cm³/mol. The van der Waals surface area contributed by atoms with Gasteiger partial charge in [0, 0.05) is 44.5 Å². The van der Waals surface area contributed by atoms with Gasteiger partial charge in [-0.25, -0.2) is 0 Å². The van der Waals surface area contributed by atoms with Gasteiger partial charge in [0.25, 0.3) is 0 Å². The van der Waals surface area contributed by atoms with Gasteiger partial charge in [0.2, 0.25) is 0 Å². The molecule has 25 heavy (non-hydrogen) atoms. The topological polar surface area (TPSA) is 9.72 Å². The van der Waals surface area contributed by atoms with Crippen molar-refractivity contribution in [3.8, 4) is 0 Å². The number of hydrogen-bond donors (Lipinski definition) is 0. The van der Waals surface area contributed by atoms with E-state index < -0.39 is 0 Å². The maximum absolute atomic E-state index is 4.40. The molecule has 0 amide bonds. The van der Waals surface area contributed by atoms with Crippen LogP contribution in [-0.2, 0) is 0 Å². The van der Waals surface area contributed by atoms with E-state index in [4.69, 9.17) is 0 Å². The summed E-state index contributed by atoms with van der Waals surface area (Å²) < 4.78 is 0. The van der Waals surface area contributed by atoms with Gasteiger partial charge < -0.3 is 4.90 Å². The second-order valence-electron chi connectivity index (χ2n) is 9.08. The zero-order valence-electron chi connectivity index (χ0n) is 17.5. The van der Waals surface area contributed by atoms with E-state index in [-0.39, 0.29) is 0 Å². The Labute approximate surface area is 157 Å². The van der Waals surface area contributed by atoms with E-state index in [0.29, 0.717) is 6.04 Å². The van der Waals surface area contributed by atoms with E-state index in [0.717, 1.165) is 31.5 Å². The minimum absolute atomic E-state index is 0.676. The fraction of sp³-hybridized carbons (Fsp3) is 0.909. The third-order valence-electron chi connectivity index (χ3n) is 6.25. The zero-order valence-corrected chi connectivity index (χ0v) is 17.5. The van der Waals surface area contributed by atoms with Crippen molar-refractivity contribution in [2.75, 3.05) is 45.8 Å². The fourth-order valence-corrected chi connectivity index (χ4v) is 4.33. The van der Waals surface area contributed by atoms with E-state index >= 15 is 0 Å². The van der Waals surface area contributed by atoms with Crippen LogP contribution in [0.5, 0.6) is 0 Å². The summed E-state index contributed by atoms with van der Waals surface area (Å²) in [6.07, 6.45) is 8.53. The molecule has 0 radical (unpaired) electrons. The Morgan fingerprint density at radius 2 is 1.56 bits per heavy atom. The van der Waals surface area contributed by atoms with Crippen LogP contribution in [0.4, 0.5) is 0 Å². The number of unbranched alkanes of at least 4 members (excludes halogenated alkanes) is 1. The molecule has 2 aliphatic heterocycles. The van der Waals surface area contributed by atoms with Crippen molar-refractivity contribution in [3.05, 3.63) is 12.3 Å². The van der Waals surface area contributed by atoms with Gasteiger partial charge in [-0.05, 0) is 51.6 Å². The maximum atomic E-state index is 4.40. The highest BCUT2D eigenvalue weighted by atomic mass is 15.3. The Kier molecular flexibility index (Phi) is 8.78. The first-order valence-corrected chi connectivity index (χ1v) is 10.8. The largest absolute Gasteiger partial charge is 0.372 e. The van der Waals surface area contributed by atoms with Gasteiger partial charge in [-0.1, -0.05) is 46.1 Å². The lowest BCUT2D eigenvalue weighted by molar-refractivity contribution is 0.116. The fourth-order valence-electron chi connectivity index (χ4n) is 4.33. The number of piperidine rings is 1. The van der Waals surface area contributed by atoms with Gasteiger partial charge in [-0.3, -0.25) is 9.80 Å². The molecule has 0 aromatic carbocycles. The standard InChI is InChI=1S/C22H43N3/c1-19(2)8-6-7-9-22-10-12-23(13-11-22)18-21(5)25-16-14-24(15-17-25)20(3)4/h19-20,22H,5-18H2,1-4H3. The highest BCUT2D eigenvalue weighted by molar-refractivity contribution is 4.99. The molecule has 0 aliphatic carbocycles. The number of nitrogens with zero attached hydrogens (tertiary/aromatic N) is 3. The van der Waals surface area contributed by atoms with Crippen LogP contribution >= 0.6 is 0 Å². The summed E-state index contributed by atoms with van der Waals surface area (Å²) in [4.78, 5) is 7.74. The molecular weight excluding hydrogens is 306 g/mol. The van der Waals surface area contributed by atoms with Gasteiger partial charge >= 0.3 is 0 Å². The van der Waals surface area contributed by atoms with Crippen LogP contribution in [0, 0.1) is 11.8 Å². The van der Waals surface area contributed by atoms with Crippen LogP contribution in [0.15, 0.2) is 12.3 Å². The molecule has 0 saturated carbocycles. The first-order chi connectivity index (χ1) is 12.0. The summed E-state index contributed by atoms with van der Waals surface area (Å²) in [5, 5.41) is 0. The summed E-state index contributed by atoms with van der Waals surface area (Å²) in [5.74, 6) is 1.85. The molecule has 0 aromatic heterocycles. The molecule has 0 aromatic rings. The van der Waals surface area contributed by atoms with Crippen LogP contribution in [-0.4, -0.2) is 66.6 Å². The average molecular weight is 350 g/mol. The van der Waals surface area contributed by atoms with Crippen molar-refractivity contribution in [2.45, 2.75) is 72.3 Å². The van der Waals surface area contributed by atoms with Crippen LogP contribution in [0.1, 0.15) is 66.2 Å². The number of piperazine rings is 1. The first kappa shape index (κ1) is 20.8. The Balaban J connectivity index is 1.59. The van der Waals surface area contributed by atoms with Crippen molar-refractivity contribution in [1.82, 2.24) is 14.7 Å². The van der Waals surface area contributed by atoms with E-state index in [1.54, 1.807) is 0 Å². The van der Waals surface area contributed by atoms with E-state index in [2.05, 4.69) is 49.0 Å². The summed E-state index contributed by atoms with van der Waals surface area (Å²) >= 11 is 0. The summed E-state index contributed by atoms with van der Waals surface area (Å²) in [6.45, 7) is 22.0. The smallest absolute Gasteiger partial charge is 0.0377 e. The van der Waals surface area contributed by atoms with Gasteiger partial charge in [0.15, 0.2) is 0 Å². The van der Waals surface area contributed by atoms with E-state index in [1.807, 2.05) is 0 Å². The third-order valence-corrected chi connectivity index (χ3v) is 6.25. The van der Waals surface area contributed by atoms with Crippen LogP contribution < -0.4 is 0 Å². The molecular formula is C22H43N3. The highest BCUT2D eigenvalue weighted by Gasteiger charge is 2.23. The van der Waals surface area contributed by atoms with Crippen LogP contribution in [0.25, 0.3) is 0 Å². The highest BCUT2D eigenvalue weighted by Crippen LogP contribution is 2.24.